The molecule has 0 saturated carbocycles. The van der Waals surface area contributed by atoms with Crippen LogP contribution in [0.5, 0.6) is 0 Å². The van der Waals surface area contributed by atoms with Crippen LogP contribution in [-0.2, 0) is 24.2 Å². The number of amides is 1. The van der Waals surface area contributed by atoms with Crippen LogP contribution in [0.15, 0.2) is 24.3 Å². The average molecular weight is 382 g/mol. The molecule has 1 aliphatic rings. The Balaban J connectivity index is 1.80. The summed E-state index contributed by atoms with van der Waals surface area (Å²) < 4.78 is 27.8. The molecule has 9 heteroatoms. The van der Waals surface area contributed by atoms with Gasteiger partial charge in [0.05, 0.1) is 28.5 Å². The van der Waals surface area contributed by atoms with Gasteiger partial charge in [-0.3, -0.25) is 9.59 Å². The Morgan fingerprint density at radius 2 is 2.16 bits per heavy atom. The van der Waals surface area contributed by atoms with E-state index in [0.717, 1.165) is 0 Å². The molecular formula is C16H18N2O5S2. The first-order valence-corrected chi connectivity index (χ1v) is 10.5. The van der Waals surface area contributed by atoms with E-state index in [1.54, 1.807) is 24.3 Å². The van der Waals surface area contributed by atoms with Crippen molar-refractivity contribution in [1.82, 2.24) is 0 Å². The maximum Gasteiger partial charge on any atom is 0.316 e. The zero-order valence-corrected chi connectivity index (χ0v) is 15.2. The second-order valence-corrected chi connectivity index (χ2v) is 9.13. The SMILES string of the molecule is C[C@@H](OC(=O)CS[C@@H]1CCS(=O)(=O)C1)C(=O)Nc1ccccc1C#N. The molecule has 1 saturated heterocycles. The number of para-hydroxylation sites is 1. The van der Waals surface area contributed by atoms with Gasteiger partial charge in [-0.1, -0.05) is 12.1 Å². The van der Waals surface area contributed by atoms with E-state index in [1.165, 1.54) is 18.7 Å². The molecule has 1 fully saturated rings. The first-order valence-electron chi connectivity index (χ1n) is 7.62. The fraction of sp³-hybridized carbons (Fsp3) is 0.438. The number of hydrogen-bond acceptors (Lipinski definition) is 7. The van der Waals surface area contributed by atoms with Crippen molar-refractivity contribution < 1.29 is 22.7 Å². The van der Waals surface area contributed by atoms with E-state index >= 15 is 0 Å². The van der Waals surface area contributed by atoms with Gasteiger partial charge in [0.15, 0.2) is 15.9 Å². The van der Waals surface area contributed by atoms with Crippen LogP contribution in [0.25, 0.3) is 0 Å². The second-order valence-electron chi connectivity index (χ2n) is 5.61. The Bertz CT molecular complexity index is 801. The molecule has 0 bridgehead atoms. The van der Waals surface area contributed by atoms with Crippen molar-refractivity contribution in [3.63, 3.8) is 0 Å². The standard InChI is InChI=1S/C16H18N2O5S2/c1-11(16(20)18-14-5-3-2-4-12(14)8-17)23-15(19)9-24-13-6-7-25(21,22)10-13/h2-5,11,13H,6-7,9-10H2,1H3,(H,18,20)/t11-,13-/m1/s1. The minimum atomic E-state index is -2.98. The normalized spacial score (nSPS) is 19.6. The van der Waals surface area contributed by atoms with Gasteiger partial charge in [0, 0.05) is 5.25 Å². The first kappa shape index (κ1) is 19.3. The molecule has 1 aromatic carbocycles. The van der Waals surface area contributed by atoms with Crippen LogP contribution in [0.4, 0.5) is 5.69 Å². The number of carbonyl (C=O) groups excluding carboxylic acids is 2. The number of nitrogens with one attached hydrogen (secondary N) is 1. The van der Waals surface area contributed by atoms with Crippen LogP contribution in [-0.4, -0.2) is 48.9 Å². The molecule has 25 heavy (non-hydrogen) atoms. The third-order valence-corrected chi connectivity index (χ3v) is 6.87. The van der Waals surface area contributed by atoms with Gasteiger partial charge < -0.3 is 10.1 Å². The lowest BCUT2D eigenvalue weighted by molar-refractivity contribution is -0.150. The summed E-state index contributed by atoms with van der Waals surface area (Å²) in [6.07, 6.45) is -0.492. The highest BCUT2D eigenvalue weighted by atomic mass is 32.2. The van der Waals surface area contributed by atoms with Crippen molar-refractivity contribution >= 4 is 39.2 Å². The molecule has 0 spiro atoms. The molecule has 7 nitrogen and oxygen atoms in total. The van der Waals surface area contributed by atoms with Gasteiger partial charge in [0.1, 0.15) is 6.07 Å². The summed E-state index contributed by atoms with van der Waals surface area (Å²) in [4.78, 5) is 23.9. The Morgan fingerprint density at radius 3 is 2.80 bits per heavy atom. The quantitative estimate of drug-likeness (QED) is 0.739. The molecule has 1 aliphatic heterocycles. The van der Waals surface area contributed by atoms with Crippen molar-refractivity contribution in [3.8, 4) is 6.07 Å². The molecule has 0 aliphatic carbocycles. The van der Waals surface area contributed by atoms with E-state index in [4.69, 9.17) is 10.00 Å². The lowest BCUT2D eigenvalue weighted by Gasteiger charge is -2.14. The van der Waals surface area contributed by atoms with Gasteiger partial charge in [-0.15, -0.1) is 11.8 Å². The van der Waals surface area contributed by atoms with Crippen molar-refractivity contribution in [2.24, 2.45) is 0 Å². The van der Waals surface area contributed by atoms with E-state index in [9.17, 15) is 18.0 Å². The number of thioether (sulfide) groups is 1. The highest BCUT2D eigenvalue weighted by Gasteiger charge is 2.29. The van der Waals surface area contributed by atoms with Gasteiger partial charge in [0.2, 0.25) is 0 Å². The van der Waals surface area contributed by atoms with Crippen molar-refractivity contribution in [2.45, 2.75) is 24.7 Å². The van der Waals surface area contributed by atoms with Crippen molar-refractivity contribution in [2.75, 3.05) is 22.6 Å². The molecule has 2 atom stereocenters. The summed E-state index contributed by atoms with van der Waals surface area (Å²) in [5.74, 6) is -0.898. The van der Waals surface area contributed by atoms with Gasteiger partial charge in [-0.25, -0.2) is 8.42 Å². The van der Waals surface area contributed by atoms with Crippen LogP contribution in [0.2, 0.25) is 0 Å². The van der Waals surface area contributed by atoms with Crippen LogP contribution >= 0.6 is 11.8 Å². The maximum atomic E-state index is 12.1. The number of hydrogen-bond donors (Lipinski definition) is 1. The molecule has 0 unspecified atom stereocenters. The summed E-state index contributed by atoms with van der Waals surface area (Å²) in [7, 11) is -2.98. The predicted octanol–water partition coefficient (Wildman–Crippen LogP) is 1.35. The third kappa shape index (κ3) is 5.76. The number of benzene rings is 1. The van der Waals surface area contributed by atoms with Gasteiger partial charge in [-0.05, 0) is 25.5 Å². The number of anilines is 1. The number of ether oxygens (including phenoxy) is 1. The highest BCUT2D eigenvalue weighted by Crippen LogP contribution is 2.24. The van der Waals surface area contributed by atoms with Crippen LogP contribution < -0.4 is 5.32 Å². The third-order valence-electron chi connectivity index (χ3n) is 3.61. The fourth-order valence-electron chi connectivity index (χ4n) is 2.29. The zero-order valence-electron chi connectivity index (χ0n) is 13.6. The summed E-state index contributed by atoms with van der Waals surface area (Å²) in [5, 5.41) is 11.4. The topological polar surface area (TPSA) is 113 Å². The van der Waals surface area contributed by atoms with E-state index in [0.29, 0.717) is 17.7 Å². The molecular weight excluding hydrogens is 364 g/mol. The lowest BCUT2D eigenvalue weighted by Crippen LogP contribution is -2.31. The number of rotatable bonds is 6. The fourth-order valence-corrected chi connectivity index (χ4v) is 5.71. The molecule has 134 valence electrons. The molecule has 0 radical (unpaired) electrons. The molecule has 2 rings (SSSR count). The number of nitrogens with zero attached hydrogens (tertiary/aromatic N) is 1. The Morgan fingerprint density at radius 1 is 1.44 bits per heavy atom. The lowest BCUT2D eigenvalue weighted by atomic mass is 10.2. The highest BCUT2D eigenvalue weighted by molar-refractivity contribution is 8.02. The van der Waals surface area contributed by atoms with Crippen molar-refractivity contribution in [1.29, 1.82) is 5.26 Å². The largest absolute Gasteiger partial charge is 0.452 e. The molecule has 1 heterocycles. The summed E-state index contributed by atoms with van der Waals surface area (Å²) >= 11 is 1.23. The van der Waals surface area contributed by atoms with Crippen LogP contribution in [0.3, 0.4) is 0 Å². The van der Waals surface area contributed by atoms with Gasteiger partial charge in [-0.2, -0.15) is 5.26 Å². The summed E-state index contributed by atoms with van der Waals surface area (Å²) in [6, 6.07) is 8.48. The molecule has 1 N–H and O–H groups in total. The monoisotopic (exact) mass is 382 g/mol. The summed E-state index contributed by atoms with van der Waals surface area (Å²) in [5.41, 5.74) is 0.663. The number of esters is 1. The zero-order chi connectivity index (χ0) is 18.4. The second kappa shape index (κ2) is 8.36. The van der Waals surface area contributed by atoms with Gasteiger partial charge >= 0.3 is 5.97 Å². The van der Waals surface area contributed by atoms with E-state index in [1.807, 2.05) is 6.07 Å². The Hall–Kier alpha value is -2.05. The first-order chi connectivity index (χ1) is 11.8. The molecule has 1 aromatic rings. The molecule has 1 amide bonds. The number of nitriles is 1. The minimum absolute atomic E-state index is 0.00735. The van der Waals surface area contributed by atoms with Crippen molar-refractivity contribution in [3.05, 3.63) is 29.8 Å². The summed E-state index contributed by atoms with van der Waals surface area (Å²) in [6.45, 7) is 1.44. The Kier molecular flexibility index (Phi) is 6.45. The van der Waals surface area contributed by atoms with E-state index in [-0.39, 0.29) is 22.5 Å². The van der Waals surface area contributed by atoms with Gasteiger partial charge in [0.25, 0.3) is 5.91 Å². The minimum Gasteiger partial charge on any atom is -0.452 e. The smallest absolute Gasteiger partial charge is 0.316 e. The van der Waals surface area contributed by atoms with Crippen LogP contribution in [0.1, 0.15) is 18.9 Å². The number of sulfone groups is 1. The van der Waals surface area contributed by atoms with E-state index < -0.39 is 27.8 Å². The van der Waals surface area contributed by atoms with E-state index in [2.05, 4.69) is 5.32 Å². The maximum absolute atomic E-state index is 12.1. The average Bonchev–Trinajstić information content (AvgIpc) is 2.92. The predicted molar refractivity (Wildman–Crippen MR) is 94.9 cm³/mol. The van der Waals surface area contributed by atoms with Crippen LogP contribution in [0, 0.1) is 11.3 Å². The Labute approximate surface area is 150 Å². The number of carbonyl (C=O) groups is 2. The molecule has 0 aromatic heterocycles.